The zero-order valence-electron chi connectivity index (χ0n) is 15.0. The van der Waals surface area contributed by atoms with Crippen molar-refractivity contribution in [1.82, 2.24) is 10.2 Å². The Morgan fingerprint density at radius 2 is 2.08 bits per heavy atom. The van der Waals surface area contributed by atoms with E-state index in [0.29, 0.717) is 26.2 Å². The summed E-state index contributed by atoms with van der Waals surface area (Å²) in [7, 11) is 3.16. The number of methoxy groups -OCH3 is 2. The highest BCUT2D eigenvalue weighted by Crippen LogP contribution is 2.23. The Hall–Kier alpha value is -2.12. The Kier molecular flexibility index (Phi) is 6.78. The number of rotatable bonds is 7. The Bertz CT molecular complexity index is 603. The van der Waals surface area contributed by atoms with Crippen LogP contribution in [0.15, 0.2) is 24.3 Å². The maximum Gasteiger partial charge on any atom is 0.223 e. The third kappa shape index (κ3) is 5.17. The molecule has 1 aromatic rings. The molecule has 7 heteroatoms. The second-order valence-electron chi connectivity index (χ2n) is 6.17. The number of hydrogen-bond donors (Lipinski definition) is 1. The van der Waals surface area contributed by atoms with Crippen molar-refractivity contribution in [2.75, 3.05) is 40.5 Å². The number of nitrogens with one attached hydrogen (secondary N) is 1. The van der Waals surface area contributed by atoms with Crippen molar-refractivity contribution in [3.8, 4) is 5.75 Å². The molecular weight excluding hydrogens is 324 g/mol. The van der Waals surface area contributed by atoms with Gasteiger partial charge in [0.2, 0.25) is 11.8 Å². The van der Waals surface area contributed by atoms with Crippen molar-refractivity contribution in [3.63, 3.8) is 0 Å². The number of carbonyl (C=O) groups excluding carboxylic acids is 2. The molecule has 0 spiro atoms. The SMILES string of the molecule is COC[C@]1(CC(=O)NCc2ccccc2OC)CN(C(C)=O)CCO1. The van der Waals surface area contributed by atoms with Gasteiger partial charge >= 0.3 is 0 Å². The molecular formula is C18H26N2O5. The van der Waals surface area contributed by atoms with Gasteiger partial charge in [0.25, 0.3) is 0 Å². The summed E-state index contributed by atoms with van der Waals surface area (Å²) in [4.78, 5) is 25.8. The van der Waals surface area contributed by atoms with Crippen molar-refractivity contribution in [1.29, 1.82) is 0 Å². The first-order chi connectivity index (χ1) is 12.0. The molecule has 0 radical (unpaired) electrons. The van der Waals surface area contributed by atoms with E-state index < -0.39 is 5.60 Å². The molecule has 138 valence electrons. The lowest BCUT2D eigenvalue weighted by Crippen LogP contribution is -2.57. The Labute approximate surface area is 148 Å². The fourth-order valence-electron chi connectivity index (χ4n) is 3.02. The maximum absolute atomic E-state index is 12.4. The van der Waals surface area contributed by atoms with Crippen LogP contribution in [0.1, 0.15) is 18.9 Å². The minimum absolute atomic E-state index is 0.0294. The van der Waals surface area contributed by atoms with Gasteiger partial charge in [-0.25, -0.2) is 0 Å². The highest BCUT2D eigenvalue weighted by atomic mass is 16.5. The molecule has 7 nitrogen and oxygen atoms in total. The molecule has 0 unspecified atom stereocenters. The minimum Gasteiger partial charge on any atom is -0.496 e. The third-order valence-electron chi connectivity index (χ3n) is 4.25. The van der Waals surface area contributed by atoms with Crippen LogP contribution in [0, 0.1) is 0 Å². The fraction of sp³-hybridized carbons (Fsp3) is 0.556. The van der Waals surface area contributed by atoms with Crippen molar-refractivity contribution in [3.05, 3.63) is 29.8 Å². The van der Waals surface area contributed by atoms with Gasteiger partial charge in [-0.3, -0.25) is 9.59 Å². The zero-order chi connectivity index (χ0) is 18.3. The molecule has 1 aliphatic heterocycles. The molecule has 0 aromatic heterocycles. The number of carbonyl (C=O) groups is 2. The number of benzene rings is 1. The Morgan fingerprint density at radius 1 is 1.32 bits per heavy atom. The topological polar surface area (TPSA) is 77.1 Å². The number of amides is 2. The van der Waals surface area contributed by atoms with Gasteiger partial charge in [0.1, 0.15) is 11.4 Å². The maximum atomic E-state index is 12.4. The number of ether oxygens (including phenoxy) is 3. The first-order valence-corrected chi connectivity index (χ1v) is 8.27. The van der Waals surface area contributed by atoms with E-state index >= 15 is 0 Å². The highest BCUT2D eigenvalue weighted by molar-refractivity contribution is 5.78. The average molecular weight is 350 g/mol. The van der Waals surface area contributed by atoms with Gasteiger partial charge in [0.05, 0.1) is 33.3 Å². The third-order valence-corrected chi connectivity index (χ3v) is 4.25. The van der Waals surface area contributed by atoms with Gasteiger partial charge in [-0.05, 0) is 6.07 Å². The molecule has 0 aliphatic carbocycles. The number of para-hydroxylation sites is 1. The van der Waals surface area contributed by atoms with Crippen LogP contribution in [0.2, 0.25) is 0 Å². The molecule has 1 fully saturated rings. The molecule has 25 heavy (non-hydrogen) atoms. The van der Waals surface area contributed by atoms with Crippen molar-refractivity contribution in [2.24, 2.45) is 0 Å². The fourth-order valence-corrected chi connectivity index (χ4v) is 3.02. The van der Waals surface area contributed by atoms with E-state index in [1.54, 1.807) is 19.1 Å². The quantitative estimate of drug-likeness (QED) is 0.793. The van der Waals surface area contributed by atoms with Crippen LogP contribution >= 0.6 is 0 Å². The summed E-state index contributed by atoms with van der Waals surface area (Å²) in [6.45, 7) is 3.40. The van der Waals surface area contributed by atoms with Gasteiger partial charge in [0.15, 0.2) is 0 Å². The monoisotopic (exact) mass is 350 g/mol. The molecule has 1 heterocycles. The largest absolute Gasteiger partial charge is 0.496 e. The van der Waals surface area contributed by atoms with E-state index in [4.69, 9.17) is 14.2 Å². The standard InChI is InChI=1S/C18H26N2O5/c1-14(21)20-8-9-25-18(12-20,13-23-2)10-17(22)19-11-15-6-4-5-7-16(15)24-3/h4-7H,8-13H2,1-3H3,(H,19,22)/t18-/m0/s1. The predicted octanol–water partition coefficient (Wildman–Crippen LogP) is 0.965. The van der Waals surface area contributed by atoms with E-state index in [1.165, 1.54) is 6.92 Å². The first-order valence-electron chi connectivity index (χ1n) is 8.27. The normalized spacial score (nSPS) is 20.2. The smallest absolute Gasteiger partial charge is 0.223 e. The van der Waals surface area contributed by atoms with Gasteiger partial charge < -0.3 is 24.4 Å². The van der Waals surface area contributed by atoms with Crippen LogP contribution in [0.4, 0.5) is 0 Å². The van der Waals surface area contributed by atoms with Gasteiger partial charge in [-0.15, -0.1) is 0 Å². The summed E-state index contributed by atoms with van der Waals surface area (Å²) >= 11 is 0. The second-order valence-corrected chi connectivity index (χ2v) is 6.17. The average Bonchev–Trinajstić information content (AvgIpc) is 2.60. The second kappa shape index (κ2) is 8.82. The number of hydrogen-bond acceptors (Lipinski definition) is 5. The van der Waals surface area contributed by atoms with Crippen LogP contribution in [-0.2, 0) is 25.6 Å². The summed E-state index contributed by atoms with van der Waals surface area (Å²) in [5.41, 5.74) is 0.0813. The molecule has 1 N–H and O–H groups in total. The van der Waals surface area contributed by atoms with Gasteiger partial charge in [-0.2, -0.15) is 0 Å². The first kappa shape index (κ1) is 19.2. The van der Waals surface area contributed by atoms with Crippen LogP contribution < -0.4 is 10.1 Å². The summed E-state index contributed by atoms with van der Waals surface area (Å²) < 4.78 is 16.4. The van der Waals surface area contributed by atoms with E-state index in [-0.39, 0.29) is 24.8 Å². The lowest BCUT2D eigenvalue weighted by atomic mass is 9.97. The predicted molar refractivity (Wildman–Crippen MR) is 92.3 cm³/mol. The summed E-state index contributed by atoms with van der Waals surface area (Å²) in [6, 6.07) is 7.52. The Balaban J connectivity index is 1.99. The van der Waals surface area contributed by atoms with Gasteiger partial charge in [-0.1, -0.05) is 18.2 Å². The van der Waals surface area contributed by atoms with Crippen LogP contribution in [0.25, 0.3) is 0 Å². The Morgan fingerprint density at radius 3 is 2.76 bits per heavy atom. The molecule has 2 rings (SSSR count). The van der Waals surface area contributed by atoms with Crippen molar-refractivity contribution < 1.29 is 23.8 Å². The van der Waals surface area contributed by atoms with Crippen molar-refractivity contribution >= 4 is 11.8 Å². The van der Waals surface area contributed by atoms with E-state index in [0.717, 1.165) is 11.3 Å². The molecule has 1 atom stereocenters. The van der Waals surface area contributed by atoms with Gasteiger partial charge in [0, 0.05) is 32.7 Å². The molecule has 0 saturated carbocycles. The summed E-state index contributed by atoms with van der Waals surface area (Å²) in [6.07, 6.45) is 0.125. The van der Waals surface area contributed by atoms with Crippen LogP contribution in [0.5, 0.6) is 5.75 Å². The lowest BCUT2D eigenvalue weighted by Gasteiger charge is -2.41. The number of nitrogens with zero attached hydrogens (tertiary/aromatic N) is 1. The summed E-state index contributed by atoms with van der Waals surface area (Å²) in [5, 5.41) is 2.89. The minimum atomic E-state index is -0.816. The van der Waals surface area contributed by atoms with Crippen molar-refractivity contribution in [2.45, 2.75) is 25.5 Å². The van der Waals surface area contributed by atoms with Crippen LogP contribution in [0.3, 0.4) is 0 Å². The van der Waals surface area contributed by atoms with E-state index in [2.05, 4.69) is 5.32 Å². The zero-order valence-corrected chi connectivity index (χ0v) is 15.0. The lowest BCUT2D eigenvalue weighted by molar-refractivity contribution is -0.165. The molecule has 1 saturated heterocycles. The van der Waals surface area contributed by atoms with Crippen LogP contribution in [-0.4, -0.2) is 62.8 Å². The highest BCUT2D eigenvalue weighted by Gasteiger charge is 2.39. The molecule has 2 amide bonds. The number of morpholine rings is 1. The summed E-state index contributed by atoms with van der Waals surface area (Å²) in [5.74, 6) is 0.539. The van der Waals surface area contributed by atoms with E-state index in [9.17, 15) is 9.59 Å². The molecule has 1 aromatic carbocycles. The molecule has 1 aliphatic rings. The van der Waals surface area contributed by atoms with E-state index in [1.807, 2.05) is 24.3 Å². The molecule has 0 bridgehead atoms.